The summed E-state index contributed by atoms with van der Waals surface area (Å²) in [6.45, 7) is 12.6. The molecular formula is C12H27N3. The van der Waals surface area contributed by atoms with Crippen molar-refractivity contribution in [1.29, 1.82) is 0 Å². The first-order valence-corrected chi connectivity index (χ1v) is 6.33. The monoisotopic (exact) mass is 213 g/mol. The zero-order chi connectivity index (χ0) is 11.3. The van der Waals surface area contributed by atoms with Crippen molar-refractivity contribution >= 4 is 0 Å². The van der Waals surface area contributed by atoms with Gasteiger partial charge in [0.1, 0.15) is 0 Å². The fraction of sp³-hybridized carbons (Fsp3) is 1.00. The van der Waals surface area contributed by atoms with Gasteiger partial charge in [-0.05, 0) is 40.2 Å². The van der Waals surface area contributed by atoms with E-state index in [-0.39, 0.29) is 0 Å². The van der Waals surface area contributed by atoms with Crippen molar-refractivity contribution in [3.63, 3.8) is 0 Å². The van der Waals surface area contributed by atoms with Crippen LogP contribution in [0.15, 0.2) is 0 Å². The SMILES string of the molecule is CC(C)N1CCN(C(C)CCCN)CC1. The van der Waals surface area contributed by atoms with Crippen molar-refractivity contribution in [2.45, 2.75) is 45.7 Å². The van der Waals surface area contributed by atoms with Gasteiger partial charge < -0.3 is 5.73 Å². The van der Waals surface area contributed by atoms with Crippen molar-refractivity contribution in [3.05, 3.63) is 0 Å². The van der Waals surface area contributed by atoms with Gasteiger partial charge in [0.2, 0.25) is 0 Å². The van der Waals surface area contributed by atoms with Crippen LogP contribution in [0.1, 0.15) is 33.6 Å². The van der Waals surface area contributed by atoms with Crippen LogP contribution in [-0.2, 0) is 0 Å². The summed E-state index contributed by atoms with van der Waals surface area (Å²) in [5.74, 6) is 0. The van der Waals surface area contributed by atoms with Gasteiger partial charge in [0, 0.05) is 38.3 Å². The van der Waals surface area contributed by atoms with Crippen LogP contribution in [0.25, 0.3) is 0 Å². The Kier molecular flexibility index (Phi) is 5.58. The van der Waals surface area contributed by atoms with Crippen molar-refractivity contribution in [2.75, 3.05) is 32.7 Å². The average Bonchev–Trinajstić information content (AvgIpc) is 2.26. The summed E-state index contributed by atoms with van der Waals surface area (Å²) in [5.41, 5.74) is 5.54. The molecule has 0 spiro atoms. The third kappa shape index (κ3) is 4.09. The standard InChI is InChI=1S/C12H27N3/c1-11(2)14-7-9-15(10-8-14)12(3)5-4-6-13/h11-12H,4-10,13H2,1-3H3. The van der Waals surface area contributed by atoms with E-state index in [2.05, 4.69) is 30.6 Å². The summed E-state index contributed by atoms with van der Waals surface area (Å²) < 4.78 is 0. The Hall–Kier alpha value is -0.120. The minimum atomic E-state index is 0.700. The molecule has 1 fully saturated rings. The summed E-state index contributed by atoms with van der Waals surface area (Å²) in [6.07, 6.45) is 2.41. The number of hydrogen-bond acceptors (Lipinski definition) is 3. The van der Waals surface area contributed by atoms with Crippen LogP contribution >= 0.6 is 0 Å². The summed E-state index contributed by atoms with van der Waals surface area (Å²) in [5, 5.41) is 0. The average molecular weight is 213 g/mol. The molecule has 2 N–H and O–H groups in total. The summed E-state index contributed by atoms with van der Waals surface area (Å²) >= 11 is 0. The van der Waals surface area contributed by atoms with Crippen molar-refractivity contribution in [3.8, 4) is 0 Å². The molecule has 0 radical (unpaired) electrons. The Bertz CT molecular complexity index is 162. The van der Waals surface area contributed by atoms with E-state index in [0.717, 1.165) is 13.0 Å². The molecule has 0 bridgehead atoms. The van der Waals surface area contributed by atoms with Crippen LogP contribution in [-0.4, -0.2) is 54.6 Å². The molecule has 1 aliphatic heterocycles. The Morgan fingerprint density at radius 1 is 1.00 bits per heavy atom. The molecule has 1 aliphatic rings. The first-order valence-electron chi connectivity index (χ1n) is 6.33. The molecule has 1 heterocycles. The van der Waals surface area contributed by atoms with Crippen molar-refractivity contribution in [2.24, 2.45) is 5.73 Å². The van der Waals surface area contributed by atoms with Gasteiger partial charge in [-0.25, -0.2) is 0 Å². The van der Waals surface area contributed by atoms with Gasteiger partial charge in [-0.15, -0.1) is 0 Å². The van der Waals surface area contributed by atoms with Gasteiger partial charge in [0.25, 0.3) is 0 Å². The van der Waals surface area contributed by atoms with Crippen LogP contribution in [0.3, 0.4) is 0 Å². The van der Waals surface area contributed by atoms with Gasteiger partial charge in [-0.2, -0.15) is 0 Å². The Morgan fingerprint density at radius 3 is 2.00 bits per heavy atom. The molecule has 1 unspecified atom stereocenters. The number of nitrogens with two attached hydrogens (primary N) is 1. The molecule has 90 valence electrons. The molecule has 1 rings (SSSR count). The molecule has 1 saturated heterocycles. The maximum absolute atomic E-state index is 5.54. The smallest absolute Gasteiger partial charge is 0.0113 e. The third-order valence-corrected chi connectivity index (χ3v) is 3.53. The van der Waals surface area contributed by atoms with E-state index in [4.69, 9.17) is 5.73 Å². The van der Waals surface area contributed by atoms with E-state index in [1.54, 1.807) is 0 Å². The highest BCUT2D eigenvalue weighted by molar-refractivity contribution is 4.77. The second-order valence-electron chi connectivity index (χ2n) is 4.95. The first-order chi connectivity index (χ1) is 7.15. The van der Waals surface area contributed by atoms with E-state index in [9.17, 15) is 0 Å². The second-order valence-corrected chi connectivity index (χ2v) is 4.95. The van der Waals surface area contributed by atoms with E-state index < -0.39 is 0 Å². The molecule has 3 heteroatoms. The maximum Gasteiger partial charge on any atom is 0.0113 e. The fourth-order valence-corrected chi connectivity index (χ4v) is 2.29. The van der Waals surface area contributed by atoms with Gasteiger partial charge in [0.05, 0.1) is 0 Å². The van der Waals surface area contributed by atoms with Crippen LogP contribution in [0.5, 0.6) is 0 Å². The van der Waals surface area contributed by atoms with Crippen LogP contribution in [0, 0.1) is 0 Å². The number of rotatable bonds is 5. The lowest BCUT2D eigenvalue weighted by atomic mass is 10.1. The Balaban J connectivity index is 2.24. The number of hydrogen-bond donors (Lipinski definition) is 1. The molecule has 0 amide bonds. The van der Waals surface area contributed by atoms with Gasteiger partial charge >= 0.3 is 0 Å². The highest BCUT2D eigenvalue weighted by Gasteiger charge is 2.21. The molecule has 0 aromatic heterocycles. The minimum Gasteiger partial charge on any atom is -0.330 e. The van der Waals surface area contributed by atoms with E-state index in [0.29, 0.717) is 12.1 Å². The fourth-order valence-electron chi connectivity index (χ4n) is 2.29. The van der Waals surface area contributed by atoms with E-state index in [1.165, 1.54) is 32.6 Å². The predicted octanol–water partition coefficient (Wildman–Crippen LogP) is 1.14. The number of piperazine rings is 1. The highest BCUT2D eigenvalue weighted by Crippen LogP contribution is 2.11. The van der Waals surface area contributed by atoms with Crippen molar-refractivity contribution < 1.29 is 0 Å². The lowest BCUT2D eigenvalue weighted by molar-refractivity contribution is 0.0803. The molecule has 0 aliphatic carbocycles. The van der Waals surface area contributed by atoms with Crippen molar-refractivity contribution in [1.82, 2.24) is 9.80 Å². The summed E-state index contributed by atoms with van der Waals surface area (Å²) in [6, 6.07) is 1.41. The van der Waals surface area contributed by atoms with Gasteiger partial charge in [0.15, 0.2) is 0 Å². The third-order valence-electron chi connectivity index (χ3n) is 3.53. The topological polar surface area (TPSA) is 32.5 Å². The maximum atomic E-state index is 5.54. The quantitative estimate of drug-likeness (QED) is 0.743. The minimum absolute atomic E-state index is 0.700. The molecule has 1 atom stereocenters. The Morgan fingerprint density at radius 2 is 1.53 bits per heavy atom. The van der Waals surface area contributed by atoms with E-state index in [1.807, 2.05) is 0 Å². The Labute approximate surface area is 94.6 Å². The molecule has 0 aromatic carbocycles. The summed E-state index contributed by atoms with van der Waals surface area (Å²) in [4.78, 5) is 5.17. The predicted molar refractivity (Wildman–Crippen MR) is 66.0 cm³/mol. The lowest BCUT2D eigenvalue weighted by Crippen LogP contribution is -2.51. The summed E-state index contributed by atoms with van der Waals surface area (Å²) in [7, 11) is 0. The zero-order valence-electron chi connectivity index (χ0n) is 10.6. The van der Waals surface area contributed by atoms with Gasteiger partial charge in [-0.1, -0.05) is 0 Å². The zero-order valence-corrected chi connectivity index (χ0v) is 10.6. The second kappa shape index (κ2) is 6.46. The first kappa shape index (κ1) is 12.9. The van der Waals surface area contributed by atoms with Crippen LogP contribution in [0.2, 0.25) is 0 Å². The normalized spacial score (nSPS) is 22.2. The van der Waals surface area contributed by atoms with Gasteiger partial charge in [-0.3, -0.25) is 9.80 Å². The largest absolute Gasteiger partial charge is 0.330 e. The highest BCUT2D eigenvalue weighted by atomic mass is 15.3. The van der Waals surface area contributed by atoms with Crippen LogP contribution in [0.4, 0.5) is 0 Å². The number of nitrogens with zero attached hydrogens (tertiary/aromatic N) is 2. The molecule has 0 aromatic rings. The molecule has 3 nitrogen and oxygen atoms in total. The molecule has 0 saturated carbocycles. The van der Waals surface area contributed by atoms with E-state index >= 15 is 0 Å². The lowest BCUT2D eigenvalue weighted by Gasteiger charge is -2.39. The molecular weight excluding hydrogens is 186 g/mol. The molecule has 15 heavy (non-hydrogen) atoms. The van der Waals surface area contributed by atoms with Crippen LogP contribution < -0.4 is 5.73 Å².